The predicted octanol–water partition coefficient (Wildman–Crippen LogP) is 4.23. The largest absolute Gasteiger partial charge is 0.433 e. The molecule has 0 aliphatic carbocycles. The van der Waals surface area contributed by atoms with E-state index in [1.165, 1.54) is 12.1 Å². The van der Waals surface area contributed by atoms with Crippen LogP contribution in [0.2, 0.25) is 0 Å². The van der Waals surface area contributed by atoms with Crippen molar-refractivity contribution in [2.45, 2.75) is 31.7 Å². The zero-order valence-corrected chi connectivity index (χ0v) is 16.5. The molecule has 3 aromatic rings. The Labute approximate surface area is 178 Å². The van der Waals surface area contributed by atoms with E-state index in [1.54, 1.807) is 10.9 Å². The average Bonchev–Trinajstić information content (AvgIpc) is 3.16. The number of pyridine rings is 1. The summed E-state index contributed by atoms with van der Waals surface area (Å²) in [5.41, 5.74) is -1.51. The molecule has 12 heteroatoms. The normalized spacial score (nSPS) is 15.3. The Morgan fingerprint density at radius 2 is 1.97 bits per heavy atom. The van der Waals surface area contributed by atoms with E-state index in [0.29, 0.717) is 10.9 Å². The van der Waals surface area contributed by atoms with Crippen molar-refractivity contribution >= 4 is 22.5 Å². The number of hydrogen-bond acceptors (Lipinski definition) is 5. The summed E-state index contributed by atoms with van der Waals surface area (Å²) in [6.07, 6.45) is -1.31. The molecule has 0 saturated carbocycles. The standard InChI is InChI=1S/C20H18F5N5O2/c21-19(22)32-16-9-14-11(10-30(29-14)12-4-6-26-7-5-12)8-15(16)28-18(31)13-2-1-3-17(27-13)20(23,24)25/h1-3,8-10,12,19,26H,4-7H2,(H,28,31). The molecular formula is C20H18F5N5O2. The Hall–Kier alpha value is -3.28. The first-order valence-electron chi connectivity index (χ1n) is 9.75. The molecule has 3 heterocycles. The number of nitrogens with zero attached hydrogens (tertiary/aromatic N) is 3. The number of ether oxygens (including phenoxy) is 1. The van der Waals surface area contributed by atoms with Gasteiger partial charge in [-0.3, -0.25) is 9.48 Å². The second kappa shape index (κ2) is 8.69. The Bertz CT molecular complexity index is 1130. The van der Waals surface area contributed by atoms with Gasteiger partial charge in [0.05, 0.1) is 17.2 Å². The highest BCUT2D eigenvalue weighted by Gasteiger charge is 2.33. The summed E-state index contributed by atoms with van der Waals surface area (Å²) in [6, 6.07) is 5.63. The fraction of sp³-hybridized carbons (Fsp3) is 0.350. The molecule has 0 atom stereocenters. The third-order valence-electron chi connectivity index (χ3n) is 5.04. The second-order valence-electron chi connectivity index (χ2n) is 7.24. The Kier molecular flexibility index (Phi) is 5.96. The van der Waals surface area contributed by atoms with Crippen LogP contribution in [0.15, 0.2) is 36.5 Å². The molecule has 1 aromatic carbocycles. The van der Waals surface area contributed by atoms with Crippen LogP contribution in [0.1, 0.15) is 35.1 Å². The summed E-state index contributed by atoms with van der Waals surface area (Å²) in [6.45, 7) is -1.53. The Morgan fingerprint density at radius 1 is 1.22 bits per heavy atom. The lowest BCUT2D eigenvalue weighted by molar-refractivity contribution is -0.141. The van der Waals surface area contributed by atoms with Gasteiger partial charge in [0.15, 0.2) is 5.75 Å². The molecule has 0 radical (unpaired) electrons. The number of halogens is 5. The molecule has 32 heavy (non-hydrogen) atoms. The second-order valence-corrected chi connectivity index (χ2v) is 7.24. The van der Waals surface area contributed by atoms with E-state index in [2.05, 4.69) is 25.5 Å². The van der Waals surface area contributed by atoms with Crippen molar-refractivity contribution in [1.82, 2.24) is 20.1 Å². The van der Waals surface area contributed by atoms with E-state index in [1.807, 2.05) is 0 Å². The van der Waals surface area contributed by atoms with E-state index in [0.717, 1.165) is 44.1 Å². The molecule has 1 fully saturated rings. The van der Waals surface area contributed by atoms with E-state index in [-0.39, 0.29) is 17.5 Å². The van der Waals surface area contributed by atoms with E-state index < -0.39 is 30.1 Å². The topological polar surface area (TPSA) is 81.1 Å². The molecule has 0 bridgehead atoms. The van der Waals surface area contributed by atoms with Crippen LogP contribution in [-0.4, -0.2) is 40.4 Å². The zero-order valence-electron chi connectivity index (χ0n) is 16.5. The van der Waals surface area contributed by atoms with Crippen LogP contribution in [0.4, 0.5) is 27.6 Å². The van der Waals surface area contributed by atoms with Crippen LogP contribution >= 0.6 is 0 Å². The number of carbonyl (C=O) groups excluding carboxylic acids is 1. The summed E-state index contributed by atoms with van der Waals surface area (Å²) in [4.78, 5) is 15.8. The van der Waals surface area contributed by atoms with Crippen molar-refractivity contribution in [3.05, 3.63) is 47.9 Å². The van der Waals surface area contributed by atoms with Gasteiger partial charge in [0.1, 0.15) is 11.4 Å². The van der Waals surface area contributed by atoms with Gasteiger partial charge in [0.2, 0.25) is 0 Å². The van der Waals surface area contributed by atoms with Crippen molar-refractivity contribution in [3.8, 4) is 5.75 Å². The lowest BCUT2D eigenvalue weighted by Gasteiger charge is -2.22. The van der Waals surface area contributed by atoms with Crippen LogP contribution < -0.4 is 15.4 Å². The number of amides is 1. The van der Waals surface area contributed by atoms with Gasteiger partial charge in [-0.05, 0) is 44.1 Å². The molecule has 2 aromatic heterocycles. The first-order valence-corrected chi connectivity index (χ1v) is 9.75. The Balaban J connectivity index is 1.66. The summed E-state index contributed by atoms with van der Waals surface area (Å²) in [5, 5.41) is 10.5. The van der Waals surface area contributed by atoms with Crippen molar-refractivity contribution in [2.24, 2.45) is 0 Å². The fourth-order valence-electron chi connectivity index (χ4n) is 3.53. The fourth-order valence-corrected chi connectivity index (χ4v) is 3.53. The summed E-state index contributed by atoms with van der Waals surface area (Å²) < 4.78 is 70.8. The molecule has 4 rings (SSSR count). The molecule has 0 unspecified atom stereocenters. The van der Waals surface area contributed by atoms with Crippen LogP contribution in [0.25, 0.3) is 10.9 Å². The van der Waals surface area contributed by atoms with E-state index in [4.69, 9.17) is 0 Å². The van der Waals surface area contributed by atoms with Crippen molar-refractivity contribution < 1.29 is 31.5 Å². The maximum atomic E-state index is 12.9. The number of benzene rings is 1. The quantitative estimate of drug-likeness (QED) is 0.563. The summed E-state index contributed by atoms with van der Waals surface area (Å²) >= 11 is 0. The van der Waals surface area contributed by atoms with Gasteiger partial charge in [-0.25, -0.2) is 4.98 Å². The van der Waals surface area contributed by atoms with Gasteiger partial charge in [-0.2, -0.15) is 27.1 Å². The molecule has 170 valence electrons. The van der Waals surface area contributed by atoms with Gasteiger partial charge >= 0.3 is 12.8 Å². The average molecular weight is 455 g/mol. The SMILES string of the molecule is O=C(Nc1cc2cn(C3CCNCC3)nc2cc1OC(F)F)c1cccc(C(F)(F)F)n1. The van der Waals surface area contributed by atoms with Crippen LogP contribution in [-0.2, 0) is 6.18 Å². The molecule has 0 spiro atoms. The van der Waals surface area contributed by atoms with Gasteiger partial charge in [-0.15, -0.1) is 0 Å². The number of nitrogens with one attached hydrogen (secondary N) is 2. The molecule has 2 N–H and O–H groups in total. The smallest absolute Gasteiger partial charge is 0.433 e. The predicted molar refractivity (Wildman–Crippen MR) is 105 cm³/mol. The monoisotopic (exact) mass is 455 g/mol. The van der Waals surface area contributed by atoms with Gasteiger partial charge in [0.25, 0.3) is 5.91 Å². The number of hydrogen-bond donors (Lipinski definition) is 2. The number of rotatable bonds is 5. The Morgan fingerprint density at radius 3 is 2.66 bits per heavy atom. The first-order chi connectivity index (χ1) is 15.2. The molecule has 7 nitrogen and oxygen atoms in total. The number of carbonyl (C=O) groups is 1. The minimum atomic E-state index is -4.73. The number of alkyl halides is 5. The molecular weight excluding hydrogens is 437 g/mol. The number of piperidine rings is 1. The lowest BCUT2D eigenvalue weighted by Crippen LogP contribution is -2.29. The lowest BCUT2D eigenvalue weighted by atomic mass is 10.1. The summed E-state index contributed by atoms with van der Waals surface area (Å²) in [7, 11) is 0. The first kappa shape index (κ1) is 21.9. The van der Waals surface area contributed by atoms with Gasteiger partial charge in [-0.1, -0.05) is 6.07 Å². The van der Waals surface area contributed by atoms with Crippen molar-refractivity contribution in [3.63, 3.8) is 0 Å². The van der Waals surface area contributed by atoms with Gasteiger partial charge in [0, 0.05) is 17.6 Å². The number of fused-ring (bicyclic) bond motifs is 1. The number of aromatic nitrogens is 3. The highest BCUT2D eigenvalue weighted by atomic mass is 19.4. The minimum absolute atomic E-state index is 0.133. The maximum Gasteiger partial charge on any atom is 0.433 e. The van der Waals surface area contributed by atoms with Crippen molar-refractivity contribution in [1.29, 1.82) is 0 Å². The highest BCUT2D eigenvalue weighted by Crippen LogP contribution is 2.33. The van der Waals surface area contributed by atoms with Gasteiger partial charge < -0.3 is 15.4 Å². The van der Waals surface area contributed by atoms with Crippen LogP contribution in [0, 0.1) is 0 Å². The molecule has 1 aliphatic rings. The molecule has 1 amide bonds. The summed E-state index contributed by atoms with van der Waals surface area (Å²) in [5.74, 6) is -1.36. The minimum Gasteiger partial charge on any atom is -0.433 e. The molecule has 1 aliphatic heterocycles. The zero-order chi connectivity index (χ0) is 22.9. The van der Waals surface area contributed by atoms with Crippen molar-refractivity contribution in [2.75, 3.05) is 18.4 Å². The highest BCUT2D eigenvalue weighted by molar-refractivity contribution is 6.05. The maximum absolute atomic E-state index is 12.9. The third-order valence-corrected chi connectivity index (χ3v) is 5.04. The van der Waals surface area contributed by atoms with E-state index in [9.17, 15) is 26.7 Å². The molecule has 1 saturated heterocycles. The van der Waals surface area contributed by atoms with Crippen LogP contribution in [0.3, 0.4) is 0 Å². The number of anilines is 1. The van der Waals surface area contributed by atoms with Crippen LogP contribution in [0.5, 0.6) is 5.75 Å². The van der Waals surface area contributed by atoms with E-state index >= 15 is 0 Å². The third kappa shape index (κ3) is 4.79.